The number of rotatable bonds is 9. The summed E-state index contributed by atoms with van der Waals surface area (Å²) in [4.78, 5) is 12.2. The highest BCUT2D eigenvalue weighted by Crippen LogP contribution is 2.25. The third-order valence-corrected chi connectivity index (χ3v) is 4.52. The van der Waals surface area contributed by atoms with Crippen molar-refractivity contribution in [2.75, 3.05) is 18.5 Å². The lowest BCUT2D eigenvalue weighted by molar-refractivity contribution is -0.119. The molecule has 150 valence electrons. The number of carbonyl (C=O) groups is 1. The van der Waals surface area contributed by atoms with Gasteiger partial charge in [0.15, 0.2) is 0 Å². The van der Waals surface area contributed by atoms with E-state index in [0.29, 0.717) is 18.8 Å². The van der Waals surface area contributed by atoms with Crippen LogP contribution in [0.5, 0.6) is 5.75 Å². The monoisotopic (exact) mass is 390 g/mol. The van der Waals surface area contributed by atoms with Gasteiger partial charge in [0.25, 0.3) is 0 Å². The number of aliphatic hydroxyl groups is 1. The minimum Gasteiger partial charge on any atom is -0.489 e. The molecule has 0 heterocycles. The van der Waals surface area contributed by atoms with Crippen LogP contribution in [0.25, 0.3) is 11.1 Å². The number of carbonyl (C=O) groups excluding carboxylic acids is 1. The third-order valence-electron chi connectivity index (χ3n) is 4.52. The van der Waals surface area contributed by atoms with Crippen LogP contribution in [0.2, 0.25) is 0 Å². The normalized spacial score (nSPS) is 11.7. The summed E-state index contributed by atoms with van der Waals surface area (Å²) in [5.74, 6) is 0.554. The molecule has 0 spiro atoms. The summed E-state index contributed by atoms with van der Waals surface area (Å²) in [6.07, 6.45) is 0. The van der Waals surface area contributed by atoms with Gasteiger partial charge in [-0.3, -0.25) is 4.79 Å². The van der Waals surface area contributed by atoms with E-state index >= 15 is 0 Å². The molecule has 3 aromatic rings. The Morgan fingerprint density at radius 2 is 1.72 bits per heavy atom. The summed E-state index contributed by atoms with van der Waals surface area (Å²) in [5, 5.41) is 15.1. The number of anilines is 1. The first-order chi connectivity index (χ1) is 14.2. The van der Waals surface area contributed by atoms with Gasteiger partial charge in [-0.15, -0.1) is 0 Å². The Balaban J connectivity index is 1.64. The zero-order valence-electron chi connectivity index (χ0n) is 16.5. The van der Waals surface area contributed by atoms with Crippen molar-refractivity contribution in [1.82, 2.24) is 5.32 Å². The van der Waals surface area contributed by atoms with Crippen LogP contribution in [-0.4, -0.2) is 30.2 Å². The molecule has 0 aromatic heterocycles. The second kappa shape index (κ2) is 10.4. The van der Waals surface area contributed by atoms with Gasteiger partial charge in [-0.1, -0.05) is 61.5 Å². The molecular formula is C24H26N2O3. The van der Waals surface area contributed by atoms with Crippen LogP contribution in [0.15, 0.2) is 78.9 Å². The van der Waals surface area contributed by atoms with Gasteiger partial charge in [0, 0.05) is 5.69 Å². The molecule has 0 aliphatic heterocycles. The molecule has 0 fully saturated rings. The van der Waals surface area contributed by atoms with Crippen molar-refractivity contribution in [1.29, 1.82) is 0 Å². The minimum atomic E-state index is -0.613. The Morgan fingerprint density at radius 3 is 2.41 bits per heavy atom. The van der Waals surface area contributed by atoms with Crippen LogP contribution >= 0.6 is 0 Å². The van der Waals surface area contributed by atoms with Crippen molar-refractivity contribution >= 4 is 11.6 Å². The maximum Gasteiger partial charge on any atom is 0.243 e. The van der Waals surface area contributed by atoms with Crippen LogP contribution in [0.4, 0.5) is 5.69 Å². The van der Waals surface area contributed by atoms with Crippen molar-refractivity contribution in [2.45, 2.75) is 19.6 Å². The van der Waals surface area contributed by atoms with E-state index < -0.39 is 6.04 Å². The molecule has 0 saturated carbocycles. The van der Waals surface area contributed by atoms with Gasteiger partial charge in [-0.2, -0.15) is 0 Å². The van der Waals surface area contributed by atoms with Gasteiger partial charge < -0.3 is 20.5 Å². The third kappa shape index (κ3) is 5.91. The van der Waals surface area contributed by atoms with Gasteiger partial charge in [0.1, 0.15) is 18.4 Å². The summed E-state index contributed by atoms with van der Waals surface area (Å²) < 4.78 is 5.90. The first-order valence-corrected chi connectivity index (χ1v) is 9.72. The molecule has 3 rings (SSSR count). The molecule has 0 unspecified atom stereocenters. The summed E-state index contributed by atoms with van der Waals surface area (Å²) >= 11 is 0. The van der Waals surface area contributed by atoms with Gasteiger partial charge in [0.2, 0.25) is 5.91 Å². The molecule has 3 N–H and O–H groups in total. The van der Waals surface area contributed by atoms with E-state index in [0.717, 1.165) is 22.4 Å². The number of benzene rings is 3. The zero-order chi connectivity index (χ0) is 20.5. The predicted molar refractivity (Wildman–Crippen MR) is 116 cm³/mol. The SMILES string of the molecule is CCN[C@@H](CO)C(=O)Nc1ccc(-c2cccc(OCc3ccccc3)c2)cc1. The number of hydrogen-bond acceptors (Lipinski definition) is 4. The van der Waals surface area contributed by atoms with Crippen molar-refractivity contribution in [3.05, 3.63) is 84.4 Å². The van der Waals surface area contributed by atoms with Crippen LogP contribution in [0.3, 0.4) is 0 Å². The van der Waals surface area contributed by atoms with Crippen LogP contribution in [0.1, 0.15) is 12.5 Å². The smallest absolute Gasteiger partial charge is 0.243 e. The number of ether oxygens (including phenoxy) is 1. The number of aliphatic hydroxyl groups excluding tert-OH is 1. The van der Waals surface area contributed by atoms with E-state index in [1.807, 2.05) is 85.8 Å². The van der Waals surface area contributed by atoms with Crippen LogP contribution < -0.4 is 15.4 Å². The summed E-state index contributed by atoms with van der Waals surface area (Å²) in [6, 6.07) is 25.0. The van der Waals surface area contributed by atoms with E-state index in [9.17, 15) is 9.90 Å². The minimum absolute atomic E-state index is 0.243. The van der Waals surface area contributed by atoms with E-state index in [4.69, 9.17) is 4.74 Å². The molecule has 0 aliphatic carbocycles. The summed E-state index contributed by atoms with van der Waals surface area (Å²) in [6.45, 7) is 2.78. The quantitative estimate of drug-likeness (QED) is 0.519. The average molecular weight is 390 g/mol. The Morgan fingerprint density at radius 1 is 0.966 bits per heavy atom. The number of hydrogen-bond donors (Lipinski definition) is 3. The van der Waals surface area contributed by atoms with E-state index in [1.165, 1.54) is 0 Å². The predicted octanol–water partition coefficient (Wildman–Crippen LogP) is 3.84. The maximum atomic E-state index is 12.2. The molecule has 29 heavy (non-hydrogen) atoms. The van der Waals surface area contributed by atoms with Crippen molar-refractivity contribution in [3.8, 4) is 16.9 Å². The fourth-order valence-corrected chi connectivity index (χ4v) is 2.97. The molecule has 5 heteroatoms. The first kappa shape index (κ1) is 20.6. The topological polar surface area (TPSA) is 70.6 Å². The molecular weight excluding hydrogens is 364 g/mol. The van der Waals surface area contributed by atoms with Crippen LogP contribution in [0, 0.1) is 0 Å². The van der Waals surface area contributed by atoms with Crippen molar-refractivity contribution in [3.63, 3.8) is 0 Å². The largest absolute Gasteiger partial charge is 0.489 e. The molecule has 3 aromatic carbocycles. The highest BCUT2D eigenvalue weighted by molar-refractivity contribution is 5.95. The molecule has 1 atom stereocenters. The Hall–Kier alpha value is -3.15. The van der Waals surface area contributed by atoms with Gasteiger partial charge in [0.05, 0.1) is 6.61 Å². The zero-order valence-corrected chi connectivity index (χ0v) is 16.5. The Kier molecular flexibility index (Phi) is 7.39. The van der Waals surface area contributed by atoms with E-state index in [1.54, 1.807) is 0 Å². The van der Waals surface area contributed by atoms with Crippen molar-refractivity contribution < 1.29 is 14.6 Å². The van der Waals surface area contributed by atoms with E-state index in [-0.39, 0.29) is 12.5 Å². The Labute approximate surface area is 171 Å². The first-order valence-electron chi connectivity index (χ1n) is 9.72. The Bertz CT molecular complexity index is 911. The lowest BCUT2D eigenvalue weighted by Crippen LogP contribution is -2.43. The van der Waals surface area contributed by atoms with Crippen molar-refractivity contribution in [2.24, 2.45) is 0 Å². The maximum absolute atomic E-state index is 12.2. The number of amides is 1. The molecule has 0 radical (unpaired) electrons. The second-order valence-electron chi connectivity index (χ2n) is 6.66. The molecule has 5 nitrogen and oxygen atoms in total. The fourth-order valence-electron chi connectivity index (χ4n) is 2.97. The molecule has 0 aliphatic rings. The van der Waals surface area contributed by atoms with Gasteiger partial charge in [-0.25, -0.2) is 0 Å². The lowest BCUT2D eigenvalue weighted by Gasteiger charge is -2.15. The number of likely N-dealkylation sites (N-methyl/N-ethyl adjacent to an activating group) is 1. The fraction of sp³-hybridized carbons (Fsp3) is 0.208. The molecule has 0 saturated heterocycles. The molecule has 0 bridgehead atoms. The lowest BCUT2D eigenvalue weighted by atomic mass is 10.1. The summed E-state index contributed by atoms with van der Waals surface area (Å²) in [5.41, 5.74) is 3.87. The highest BCUT2D eigenvalue weighted by Gasteiger charge is 2.15. The van der Waals surface area contributed by atoms with Gasteiger partial charge >= 0.3 is 0 Å². The van der Waals surface area contributed by atoms with E-state index in [2.05, 4.69) is 10.6 Å². The van der Waals surface area contributed by atoms with Gasteiger partial charge in [-0.05, 0) is 47.5 Å². The molecule has 1 amide bonds. The number of nitrogens with one attached hydrogen (secondary N) is 2. The summed E-state index contributed by atoms with van der Waals surface area (Å²) in [7, 11) is 0. The standard InChI is InChI=1S/C24H26N2O3/c1-2-25-23(16-27)24(28)26-21-13-11-19(12-14-21)20-9-6-10-22(15-20)29-17-18-7-4-3-5-8-18/h3-15,23,25,27H,2,16-17H2,1H3,(H,26,28)/t23-/m0/s1. The average Bonchev–Trinajstić information content (AvgIpc) is 2.77. The van der Waals surface area contributed by atoms with Crippen LogP contribution in [-0.2, 0) is 11.4 Å². The highest BCUT2D eigenvalue weighted by atomic mass is 16.5. The second-order valence-corrected chi connectivity index (χ2v) is 6.66.